The number of hydrogen-bond donors (Lipinski definition) is 2. The Kier molecular flexibility index (Phi) is 8.37. The van der Waals surface area contributed by atoms with Crippen molar-refractivity contribution in [3.8, 4) is 17.6 Å². The van der Waals surface area contributed by atoms with E-state index >= 15 is 0 Å². The summed E-state index contributed by atoms with van der Waals surface area (Å²) in [6.45, 7) is 3.19. The van der Waals surface area contributed by atoms with Gasteiger partial charge in [0.2, 0.25) is 0 Å². The molecule has 0 aliphatic carbocycles. The molecule has 1 saturated heterocycles. The Hall–Kier alpha value is -3.36. The number of halogens is 3. The van der Waals surface area contributed by atoms with Crippen LogP contribution in [0.3, 0.4) is 0 Å². The quantitative estimate of drug-likeness (QED) is 0.402. The lowest BCUT2D eigenvalue weighted by Gasteiger charge is -2.36. The minimum Gasteiger partial charge on any atom is -0.495 e. The number of benzene rings is 2. The molecule has 39 heavy (non-hydrogen) atoms. The summed E-state index contributed by atoms with van der Waals surface area (Å²) in [5, 5.41) is 7.43. The molecule has 2 atom stereocenters. The smallest absolute Gasteiger partial charge is 0.406 e. The third kappa shape index (κ3) is 7.19. The molecular weight excluding hydrogens is 529 g/mol. The van der Waals surface area contributed by atoms with Gasteiger partial charge in [-0.3, -0.25) is 0 Å². The number of anilines is 2. The molecule has 1 fully saturated rings. The summed E-state index contributed by atoms with van der Waals surface area (Å²) in [6, 6.07) is 10.0. The number of methoxy groups -OCH3 is 1. The predicted molar refractivity (Wildman–Crippen MR) is 148 cm³/mol. The van der Waals surface area contributed by atoms with Crippen LogP contribution in [0.4, 0.5) is 24.5 Å². The van der Waals surface area contributed by atoms with Crippen molar-refractivity contribution in [2.24, 2.45) is 5.92 Å². The minimum atomic E-state index is -4.35. The molecule has 0 amide bonds. The highest BCUT2D eigenvalue weighted by atomic mass is 32.2. The van der Waals surface area contributed by atoms with Gasteiger partial charge in [0.1, 0.15) is 12.3 Å². The molecule has 0 radical (unpaired) electrons. The predicted octanol–water partition coefficient (Wildman–Crippen LogP) is 4.83. The highest BCUT2D eigenvalue weighted by Gasteiger charge is 2.29. The molecule has 3 aromatic rings. The van der Waals surface area contributed by atoms with Gasteiger partial charge in [0.05, 0.1) is 29.8 Å². The molecule has 4 rings (SSSR count). The van der Waals surface area contributed by atoms with Crippen molar-refractivity contribution >= 4 is 32.1 Å². The molecule has 1 aromatic heterocycles. The molecule has 1 aliphatic heterocycles. The van der Waals surface area contributed by atoms with Crippen LogP contribution in [0.1, 0.15) is 18.9 Å². The highest BCUT2D eigenvalue weighted by Crippen LogP contribution is 2.32. The van der Waals surface area contributed by atoms with Crippen LogP contribution in [0.5, 0.6) is 5.75 Å². The first kappa shape index (κ1) is 28.6. The number of nitrogens with one attached hydrogen (secondary N) is 2. The molecule has 2 heterocycles. The fraction of sp³-hybridized carbons (Fsp3) is 0.429. The maximum absolute atomic E-state index is 13.2. The third-order valence-electron chi connectivity index (χ3n) is 6.89. The number of likely N-dealkylation sites (tertiary alicyclic amines) is 1. The van der Waals surface area contributed by atoms with E-state index in [4.69, 9.17) is 4.74 Å². The van der Waals surface area contributed by atoms with Crippen molar-refractivity contribution in [1.29, 1.82) is 0 Å². The van der Waals surface area contributed by atoms with E-state index in [0.717, 1.165) is 36.8 Å². The lowest BCUT2D eigenvalue weighted by Crippen LogP contribution is -2.43. The SMILES string of the molecule is COc1cc(S(C)(=O)=O)ccc1NCC#Cc1cc(N[C@H]2CCN(C)C[C@@H]2C)c2ccn(CC(F)(F)F)c2c1. The van der Waals surface area contributed by atoms with E-state index in [1.807, 2.05) is 6.07 Å². The molecule has 11 heteroatoms. The van der Waals surface area contributed by atoms with E-state index in [1.165, 1.54) is 30.0 Å². The van der Waals surface area contributed by atoms with Crippen LogP contribution < -0.4 is 15.4 Å². The average molecular weight is 563 g/mol. The largest absolute Gasteiger partial charge is 0.495 e. The molecule has 0 saturated carbocycles. The summed E-state index contributed by atoms with van der Waals surface area (Å²) in [4.78, 5) is 2.42. The average Bonchev–Trinajstić information content (AvgIpc) is 3.24. The zero-order chi connectivity index (χ0) is 28.4. The van der Waals surface area contributed by atoms with E-state index in [1.54, 1.807) is 18.2 Å². The second-order valence-corrected chi connectivity index (χ2v) is 12.1. The number of rotatable bonds is 7. The Morgan fingerprint density at radius 2 is 1.92 bits per heavy atom. The number of aromatic nitrogens is 1. The Labute approximate surface area is 227 Å². The summed E-state index contributed by atoms with van der Waals surface area (Å²) >= 11 is 0. The lowest BCUT2D eigenvalue weighted by atomic mass is 9.93. The third-order valence-corrected chi connectivity index (χ3v) is 8.00. The molecule has 7 nitrogen and oxygen atoms in total. The first-order chi connectivity index (χ1) is 18.3. The van der Waals surface area contributed by atoms with Gasteiger partial charge in [0.25, 0.3) is 0 Å². The van der Waals surface area contributed by atoms with Crippen LogP contribution in [0, 0.1) is 17.8 Å². The molecule has 0 spiro atoms. The number of alkyl halides is 3. The molecular formula is C28H33F3N4O3S. The molecule has 0 bridgehead atoms. The van der Waals surface area contributed by atoms with Crippen LogP contribution in [0.15, 0.2) is 47.5 Å². The van der Waals surface area contributed by atoms with Gasteiger partial charge in [-0.1, -0.05) is 18.8 Å². The number of nitrogens with zero attached hydrogens (tertiary/aromatic N) is 2. The normalized spacial score (nSPS) is 18.4. The van der Waals surface area contributed by atoms with Crippen molar-refractivity contribution in [3.05, 3.63) is 48.2 Å². The Morgan fingerprint density at radius 1 is 1.15 bits per heavy atom. The summed E-state index contributed by atoms with van der Waals surface area (Å²) in [5.74, 6) is 6.82. The van der Waals surface area contributed by atoms with E-state index in [-0.39, 0.29) is 17.5 Å². The van der Waals surface area contributed by atoms with Crippen LogP contribution in [-0.2, 0) is 16.4 Å². The maximum atomic E-state index is 13.2. The van der Waals surface area contributed by atoms with E-state index in [0.29, 0.717) is 28.4 Å². The van der Waals surface area contributed by atoms with Gasteiger partial charge in [-0.2, -0.15) is 13.2 Å². The number of piperidine rings is 1. The van der Waals surface area contributed by atoms with E-state index < -0.39 is 22.6 Å². The van der Waals surface area contributed by atoms with Crippen molar-refractivity contribution in [1.82, 2.24) is 9.47 Å². The maximum Gasteiger partial charge on any atom is 0.406 e. The highest BCUT2D eigenvalue weighted by molar-refractivity contribution is 7.90. The number of ether oxygens (including phenoxy) is 1. The van der Waals surface area contributed by atoms with Gasteiger partial charge < -0.3 is 24.8 Å². The second-order valence-electron chi connectivity index (χ2n) is 10.1. The van der Waals surface area contributed by atoms with Gasteiger partial charge in [0, 0.05) is 47.7 Å². The van der Waals surface area contributed by atoms with Crippen LogP contribution in [0.25, 0.3) is 10.9 Å². The molecule has 2 aromatic carbocycles. The van der Waals surface area contributed by atoms with Crippen molar-refractivity contribution in [3.63, 3.8) is 0 Å². The number of hydrogen-bond acceptors (Lipinski definition) is 6. The van der Waals surface area contributed by atoms with Gasteiger partial charge >= 0.3 is 6.18 Å². The van der Waals surface area contributed by atoms with Crippen molar-refractivity contribution in [2.75, 3.05) is 50.7 Å². The van der Waals surface area contributed by atoms with Gasteiger partial charge in [-0.25, -0.2) is 8.42 Å². The minimum absolute atomic E-state index is 0.144. The molecule has 2 N–H and O–H groups in total. The topological polar surface area (TPSA) is 75.6 Å². The first-order valence-electron chi connectivity index (χ1n) is 12.6. The zero-order valence-electron chi connectivity index (χ0n) is 22.4. The monoisotopic (exact) mass is 562 g/mol. The van der Waals surface area contributed by atoms with Gasteiger partial charge in [-0.05, 0) is 56.3 Å². The van der Waals surface area contributed by atoms with E-state index in [2.05, 4.69) is 41.3 Å². The van der Waals surface area contributed by atoms with Gasteiger partial charge in [0.15, 0.2) is 9.84 Å². The Bertz CT molecular complexity index is 1510. The van der Waals surface area contributed by atoms with Crippen molar-refractivity contribution < 1.29 is 26.3 Å². The second kappa shape index (κ2) is 11.4. The summed E-state index contributed by atoms with van der Waals surface area (Å²) < 4.78 is 69.9. The fourth-order valence-electron chi connectivity index (χ4n) is 4.92. The standard InChI is InChI=1S/C28H33F3N4O3S/c1-19-17-34(2)12-10-23(19)33-25-14-20(15-26-22(25)9-13-35(26)18-28(29,30)31)6-5-11-32-24-8-7-21(39(4,36)37)16-27(24)38-3/h7-9,13-16,19,23,32-33H,10-12,17-18H2,1-4H3/t19-,23-/m0/s1. The zero-order valence-corrected chi connectivity index (χ0v) is 23.2. The van der Waals surface area contributed by atoms with Crippen LogP contribution in [0.2, 0.25) is 0 Å². The van der Waals surface area contributed by atoms with Gasteiger partial charge in [-0.15, -0.1) is 0 Å². The summed E-state index contributed by atoms with van der Waals surface area (Å²) in [6.07, 6.45) is -0.826. The van der Waals surface area contributed by atoms with E-state index in [9.17, 15) is 21.6 Å². The molecule has 0 unspecified atom stereocenters. The van der Waals surface area contributed by atoms with Crippen LogP contribution >= 0.6 is 0 Å². The number of fused-ring (bicyclic) bond motifs is 1. The lowest BCUT2D eigenvalue weighted by molar-refractivity contribution is -0.139. The molecule has 1 aliphatic rings. The Balaban J connectivity index is 1.60. The van der Waals surface area contributed by atoms with Crippen molar-refractivity contribution in [2.45, 2.75) is 37.0 Å². The summed E-state index contributed by atoms with van der Waals surface area (Å²) in [7, 11) is 0.154. The fourth-order valence-corrected chi connectivity index (χ4v) is 5.56. The molecule has 210 valence electrons. The summed E-state index contributed by atoms with van der Waals surface area (Å²) in [5.41, 5.74) is 2.40. The number of sulfone groups is 1. The Morgan fingerprint density at radius 3 is 2.59 bits per heavy atom. The van der Waals surface area contributed by atoms with Crippen LogP contribution in [-0.4, -0.2) is 70.2 Å². The first-order valence-corrected chi connectivity index (χ1v) is 14.5.